The first-order chi connectivity index (χ1) is 11.1. The zero-order chi connectivity index (χ0) is 16.4. The SMILES string of the molecule is Cc1ccccc1OCc1cn(C(C)C)c2c(CN)cccc12. The molecule has 3 rings (SSSR count). The van der Waals surface area contributed by atoms with Crippen molar-refractivity contribution >= 4 is 10.9 Å². The molecule has 0 spiro atoms. The first-order valence-electron chi connectivity index (χ1n) is 8.11. The number of ether oxygens (including phenoxy) is 1. The summed E-state index contributed by atoms with van der Waals surface area (Å²) in [6.07, 6.45) is 2.20. The molecule has 0 radical (unpaired) electrons. The molecule has 1 heterocycles. The first kappa shape index (κ1) is 15.6. The van der Waals surface area contributed by atoms with Crippen molar-refractivity contribution in [1.82, 2.24) is 4.57 Å². The number of para-hydroxylation sites is 2. The number of benzene rings is 2. The van der Waals surface area contributed by atoms with E-state index in [1.807, 2.05) is 18.2 Å². The van der Waals surface area contributed by atoms with Crippen LogP contribution in [0.1, 0.15) is 36.6 Å². The maximum absolute atomic E-state index is 6.05. The van der Waals surface area contributed by atoms with Gasteiger partial charge in [0.25, 0.3) is 0 Å². The summed E-state index contributed by atoms with van der Waals surface area (Å²) in [4.78, 5) is 0. The Morgan fingerprint density at radius 1 is 1.04 bits per heavy atom. The van der Waals surface area contributed by atoms with E-state index in [2.05, 4.69) is 55.8 Å². The average molecular weight is 308 g/mol. The van der Waals surface area contributed by atoms with Gasteiger partial charge in [0, 0.05) is 29.7 Å². The van der Waals surface area contributed by atoms with Crippen molar-refractivity contribution in [2.24, 2.45) is 5.73 Å². The van der Waals surface area contributed by atoms with E-state index in [9.17, 15) is 0 Å². The van der Waals surface area contributed by atoms with Crippen LogP contribution in [0, 0.1) is 6.92 Å². The Morgan fingerprint density at radius 2 is 1.83 bits per heavy atom. The molecule has 0 aliphatic carbocycles. The highest BCUT2D eigenvalue weighted by atomic mass is 16.5. The first-order valence-corrected chi connectivity index (χ1v) is 8.11. The van der Waals surface area contributed by atoms with Gasteiger partial charge in [0.05, 0.1) is 5.52 Å². The van der Waals surface area contributed by atoms with Gasteiger partial charge in [-0.15, -0.1) is 0 Å². The van der Waals surface area contributed by atoms with E-state index >= 15 is 0 Å². The van der Waals surface area contributed by atoms with Gasteiger partial charge in [0.1, 0.15) is 12.4 Å². The molecule has 2 aromatic carbocycles. The third-order valence-electron chi connectivity index (χ3n) is 4.27. The maximum Gasteiger partial charge on any atom is 0.122 e. The lowest BCUT2D eigenvalue weighted by Gasteiger charge is -2.11. The fraction of sp³-hybridized carbons (Fsp3) is 0.300. The molecule has 3 heteroatoms. The molecule has 3 aromatic rings. The number of hydrogen-bond acceptors (Lipinski definition) is 2. The van der Waals surface area contributed by atoms with Gasteiger partial charge >= 0.3 is 0 Å². The Bertz CT molecular complexity index is 818. The van der Waals surface area contributed by atoms with Crippen molar-refractivity contribution in [3.63, 3.8) is 0 Å². The highest BCUT2D eigenvalue weighted by molar-refractivity contribution is 5.87. The molecule has 0 atom stereocenters. The predicted molar refractivity (Wildman–Crippen MR) is 95.7 cm³/mol. The maximum atomic E-state index is 6.05. The number of aryl methyl sites for hydroxylation is 1. The van der Waals surface area contributed by atoms with Crippen molar-refractivity contribution in [2.45, 2.75) is 40.0 Å². The van der Waals surface area contributed by atoms with E-state index in [0.717, 1.165) is 11.3 Å². The number of rotatable bonds is 5. The molecule has 0 amide bonds. The van der Waals surface area contributed by atoms with Crippen molar-refractivity contribution in [3.05, 3.63) is 65.4 Å². The van der Waals surface area contributed by atoms with Crippen LogP contribution in [-0.4, -0.2) is 4.57 Å². The van der Waals surface area contributed by atoms with E-state index < -0.39 is 0 Å². The van der Waals surface area contributed by atoms with Crippen molar-refractivity contribution in [3.8, 4) is 5.75 Å². The summed E-state index contributed by atoms with van der Waals surface area (Å²) in [7, 11) is 0. The van der Waals surface area contributed by atoms with Crippen LogP contribution >= 0.6 is 0 Å². The minimum absolute atomic E-state index is 0.386. The molecule has 0 bridgehead atoms. The van der Waals surface area contributed by atoms with Gasteiger partial charge in [0.2, 0.25) is 0 Å². The van der Waals surface area contributed by atoms with E-state index in [1.54, 1.807) is 0 Å². The molecule has 3 nitrogen and oxygen atoms in total. The van der Waals surface area contributed by atoms with Crippen LogP contribution in [0.3, 0.4) is 0 Å². The summed E-state index contributed by atoms with van der Waals surface area (Å²) >= 11 is 0. The number of nitrogens with zero attached hydrogens (tertiary/aromatic N) is 1. The third-order valence-corrected chi connectivity index (χ3v) is 4.27. The quantitative estimate of drug-likeness (QED) is 0.750. The summed E-state index contributed by atoms with van der Waals surface area (Å²) in [6.45, 7) is 7.57. The van der Waals surface area contributed by atoms with Gasteiger partial charge < -0.3 is 15.0 Å². The Hall–Kier alpha value is -2.26. The van der Waals surface area contributed by atoms with Crippen LogP contribution in [0.25, 0.3) is 10.9 Å². The fourth-order valence-corrected chi connectivity index (χ4v) is 3.02. The number of nitrogens with two attached hydrogens (primary N) is 1. The number of hydrogen-bond donors (Lipinski definition) is 1. The molecule has 120 valence electrons. The second-order valence-corrected chi connectivity index (χ2v) is 6.23. The van der Waals surface area contributed by atoms with E-state index in [-0.39, 0.29) is 0 Å². The monoisotopic (exact) mass is 308 g/mol. The summed E-state index contributed by atoms with van der Waals surface area (Å²) in [5.74, 6) is 0.938. The van der Waals surface area contributed by atoms with E-state index in [0.29, 0.717) is 19.2 Å². The lowest BCUT2D eigenvalue weighted by atomic mass is 10.1. The van der Waals surface area contributed by atoms with E-state index in [1.165, 1.54) is 22.0 Å². The van der Waals surface area contributed by atoms with Crippen LogP contribution in [0.4, 0.5) is 0 Å². The Balaban J connectivity index is 2.00. The molecule has 0 saturated heterocycles. The standard InChI is InChI=1S/C20H24N2O/c1-14(2)22-12-17(13-23-19-10-5-4-7-15(19)3)18-9-6-8-16(11-21)20(18)22/h4-10,12,14H,11,13,21H2,1-3H3. The Morgan fingerprint density at radius 3 is 2.52 bits per heavy atom. The number of aromatic nitrogens is 1. The zero-order valence-corrected chi connectivity index (χ0v) is 14.0. The lowest BCUT2D eigenvalue weighted by Crippen LogP contribution is -2.03. The van der Waals surface area contributed by atoms with Crippen LogP contribution in [0.5, 0.6) is 5.75 Å². The molecular formula is C20H24N2O. The summed E-state index contributed by atoms with van der Waals surface area (Å²) < 4.78 is 8.35. The average Bonchev–Trinajstić information content (AvgIpc) is 2.93. The number of fused-ring (bicyclic) bond motifs is 1. The lowest BCUT2D eigenvalue weighted by molar-refractivity contribution is 0.305. The van der Waals surface area contributed by atoms with Crippen LogP contribution in [0.15, 0.2) is 48.7 Å². The summed E-state index contributed by atoms with van der Waals surface area (Å²) in [5, 5.41) is 1.23. The zero-order valence-electron chi connectivity index (χ0n) is 14.0. The second-order valence-electron chi connectivity index (χ2n) is 6.23. The highest BCUT2D eigenvalue weighted by Crippen LogP contribution is 2.29. The third kappa shape index (κ3) is 2.97. The van der Waals surface area contributed by atoms with E-state index in [4.69, 9.17) is 10.5 Å². The smallest absolute Gasteiger partial charge is 0.122 e. The molecule has 0 aliphatic rings. The summed E-state index contributed by atoms with van der Waals surface area (Å²) in [6, 6.07) is 14.8. The predicted octanol–water partition coefficient (Wildman–Crippen LogP) is 4.57. The molecule has 0 fully saturated rings. The molecule has 0 unspecified atom stereocenters. The van der Waals surface area contributed by atoms with Crippen LogP contribution in [-0.2, 0) is 13.2 Å². The molecule has 1 aromatic heterocycles. The van der Waals surface area contributed by atoms with Crippen molar-refractivity contribution in [2.75, 3.05) is 0 Å². The topological polar surface area (TPSA) is 40.2 Å². The van der Waals surface area contributed by atoms with Gasteiger partial charge in [-0.1, -0.05) is 36.4 Å². The van der Waals surface area contributed by atoms with Gasteiger partial charge in [-0.05, 0) is 38.0 Å². The molecule has 2 N–H and O–H groups in total. The molecule has 0 saturated carbocycles. The second kappa shape index (κ2) is 6.47. The van der Waals surface area contributed by atoms with Gasteiger partial charge in [-0.2, -0.15) is 0 Å². The van der Waals surface area contributed by atoms with Gasteiger partial charge in [0.15, 0.2) is 0 Å². The largest absolute Gasteiger partial charge is 0.489 e. The van der Waals surface area contributed by atoms with Crippen LogP contribution < -0.4 is 10.5 Å². The summed E-state index contributed by atoms with van der Waals surface area (Å²) in [5.41, 5.74) is 10.7. The Kier molecular flexibility index (Phi) is 4.39. The minimum Gasteiger partial charge on any atom is -0.489 e. The highest BCUT2D eigenvalue weighted by Gasteiger charge is 2.14. The molecule has 0 aliphatic heterocycles. The molecular weight excluding hydrogens is 284 g/mol. The normalized spacial score (nSPS) is 11.3. The van der Waals surface area contributed by atoms with Gasteiger partial charge in [-0.25, -0.2) is 0 Å². The Labute approximate surface area is 137 Å². The van der Waals surface area contributed by atoms with Crippen molar-refractivity contribution < 1.29 is 4.74 Å². The molecule has 23 heavy (non-hydrogen) atoms. The van der Waals surface area contributed by atoms with Crippen molar-refractivity contribution in [1.29, 1.82) is 0 Å². The fourth-order valence-electron chi connectivity index (χ4n) is 3.02. The van der Waals surface area contributed by atoms with Gasteiger partial charge in [-0.3, -0.25) is 0 Å². The van der Waals surface area contributed by atoms with Crippen LogP contribution in [0.2, 0.25) is 0 Å². The minimum atomic E-state index is 0.386.